The van der Waals surface area contributed by atoms with E-state index in [1.54, 1.807) is 0 Å². The highest BCUT2D eigenvalue weighted by Crippen LogP contribution is 2.08. The standard InChI is InChI=1S/C7H10N2O7/c8-4(10)2-1-3(5(11)12)9(6(13)14)7(15)16/h3H,1-2H2,(H2,8,10)(H,11,12)(H,13,14)(H,15,16)/t3-/m0/s1. The lowest BCUT2D eigenvalue weighted by atomic mass is 10.1. The van der Waals surface area contributed by atoms with Gasteiger partial charge in [-0.1, -0.05) is 0 Å². The summed E-state index contributed by atoms with van der Waals surface area (Å²) in [5.74, 6) is -2.51. The molecule has 90 valence electrons. The zero-order chi connectivity index (χ0) is 12.9. The lowest BCUT2D eigenvalue weighted by molar-refractivity contribution is -0.142. The van der Waals surface area contributed by atoms with Crippen LogP contribution in [0.1, 0.15) is 12.8 Å². The van der Waals surface area contributed by atoms with Crippen molar-refractivity contribution in [2.45, 2.75) is 18.9 Å². The van der Waals surface area contributed by atoms with E-state index in [4.69, 9.17) is 21.1 Å². The maximum absolute atomic E-state index is 10.6. The van der Waals surface area contributed by atoms with E-state index in [1.165, 1.54) is 0 Å². The van der Waals surface area contributed by atoms with E-state index in [-0.39, 0.29) is 4.90 Å². The molecule has 1 atom stereocenters. The number of hydrogen-bond donors (Lipinski definition) is 4. The molecule has 0 heterocycles. The first kappa shape index (κ1) is 13.7. The second-order valence-electron chi connectivity index (χ2n) is 2.79. The first-order valence-electron chi connectivity index (χ1n) is 4.03. The molecule has 3 amide bonds. The first-order valence-corrected chi connectivity index (χ1v) is 4.03. The molecule has 0 radical (unpaired) electrons. The maximum Gasteiger partial charge on any atom is 0.417 e. The SMILES string of the molecule is NC(=O)CC[C@@H](C(=O)O)N(C(=O)O)C(=O)O. The van der Waals surface area contributed by atoms with Crippen molar-refractivity contribution < 1.29 is 34.5 Å². The van der Waals surface area contributed by atoms with Crippen LogP contribution in [0.5, 0.6) is 0 Å². The fourth-order valence-corrected chi connectivity index (χ4v) is 0.990. The largest absolute Gasteiger partial charge is 0.480 e. The van der Waals surface area contributed by atoms with Gasteiger partial charge in [0, 0.05) is 6.42 Å². The number of rotatable bonds is 5. The minimum absolute atomic E-state index is 0.286. The number of carbonyl (C=O) groups is 4. The third-order valence-electron chi connectivity index (χ3n) is 1.67. The number of nitrogens with two attached hydrogens (primary N) is 1. The zero-order valence-electron chi connectivity index (χ0n) is 7.99. The number of carboxylic acid groups (broad SMARTS) is 3. The van der Waals surface area contributed by atoms with Gasteiger partial charge in [-0.3, -0.25) is 4.79 Å². The predicted molar refractivity (Wildman–Crippen MR) is 47.7 cm³/mol. The summed E-state index contributed by atoms with van der Waals surface area (Å²) in [6, 6.07) is -1.84. The van der Waals surface area contributed by atoms with Gasteiger partial charge in [-0.05, 0) is 6.42 Å². The molecule has 16 heavy (non-hydrogen) atoms. The Kier molecular flexibility index (Phi) is 4.73. The number of primary amides is 1. The summed E-state index contributed by atoms with van der Waals surface area (Å²) in [7, 11) is 0. The van der Waals surface area contributed by atoms with E-state index < -0.39 is 42.9 Å². The van der Waals surface area contributed by atoms with E-state index in [1.807, 2.05) is 0 Å². The quantitative estimate of drug-likeness (QED) is 0.492. The topological polar surface area (TPSA) is 158 Å². The molecule has 0 unspecified atom stereocenters. The van der Waals surface area contributed by atoms with Gasteiger partial charge in [0.1, 0.15) is 6.04 Å². The van der Waals surface area contributed by atoms with Gasteiger partial charge in [0.2, 0.25) is 5.91 Å². The molecule has 0 aliphatic heterocycles. The van der Waals surface area contributed by atoms with Crippen LogP contribution in [0.25, 0.3) is 0 Å². The van der Waals surface area contributed by atoms with Gasteiger partial charge in [-0.25, -0.2) is 14.4 Å². The summed E-state index contributed by atoms with van der Waals surface area (Å²) in [4.78, 5) is 41.8. The Morgan fingerprint density at radius 1 is 1.06 bits per heavy atom. The van der Waals surface area contributed by atoms with Crippen molar-refractivity contribution in [3.63, 3.8) is 0 Å². The van der Waals surface area contributed by atoms with Crippen LogP contribution in [-0.2, 0) is 9.59 Å². The van der Waals surface area contributed by atoms with Crippen molar-refractivity contribution in [3.8, 4) is 0 Å². The molecule has 9 heteroatoms. The molecule has 9 nitrogen and oxygen atoms in total. The Morgan fingerprint density at radius 3 is 1.75 bits per heavy atom. The molecule has 0 saturated heterocycles. The third-order valence-corrected chi connectivity index (χ3v) is 1.67. The highest BCUT2D eigenvalue weighted by molar-refractivity contribution is 5.92. The lowest BCUT2D eigenvalue weighted by Gasteiger charge is -2.20. The van der Waals surface area contributed by atoms with Crippen molar-refractivity contribution in [3.05, 3.63) is 0 Å². The van der Waals surface area contributed by atoms with Crippen molar-refractivity contribution in [1.82, 2.24) is 4.90 Å². The van der Waals surface area contributed by atoms with E-state index in [0.717, 1.165) is 0 Å². The van der Waals surface area contributed by atoms with Crippen LogP contribution in [0.3, 0.4) is 0 Å². The van der Waals surface area contributed by atoms with E-state index >= 15 is 0 Å². The Labute approximate surface area is 89.1 Å². The second kappa shape index (κ2) is 5.53. The van der Waals surface area contributed by atoms with Gasteiger partial charge in [0.25, 0.3) is 0 Å². The molecule has 0 aromatic heterocycles. The molecular weight excluding hydrogens is 224 g/mol. The molecule has 0 aromatic rings. The molecule has 0 spiro atoms. The summed E-state index contributed by atoms with van der Waals surface area (Å²) in [6.45, 7) is 0. The number of aliphatic carboxylic acids is 1. The first-order chi connectivity index (χ1) is 7.27. The van der Waals surface area contributed by atoms with Gasteiger partial charge in [-0.2, -0.15) is 4.90 Å². The number of nitrogens with zero attached hydrogens (tertiary/aromatic N) is 1. The molecule has 0 aliphatic rings. The Hall–Kier alpha value is -2.32. The summed E-state index contributed by atoms with van der Waals surface area (Å²) in [5.41, 5.74) is 4.75. The van der Waals surface area contributed by atoms with Crippen LogP contribution >= 0.6 is 0 Å². The van der Waals surface area contributed by atoms with Gasteiger partial charge in [-0.15, -0.1) is 0 Å². The molecular formula is C7H10N2O7. The number of carboxylic acids is 1. The average molecular weight is 234 g/mol. The van der Waals surface area contributed by atoms with Crippen molar-refractivity contribution in [2.75, 3.05) is 0 Å². The minimum atomic E-state index is -1.93. The predicted octanol–water partition coefficient (Wildman–Crippen LogP) is -0.637. The summed E-state index contributed by atoms with van der Waals surface area (Å²) >= 11 is 0. The maximum atomic E-state index is 10.6. The van der Waals surface area contributed by atoms with Crippen LogP contribution in [0, 0.1) is 0 Å². The summed E-state index contributed by atoms with van der Waals surface area (Å²) in [5, 5.41) is 25.6. The number of hydrogen-bond acceptors (Lipinski definition) is 4. The monoisotopic (exact) mass is 234 g/mol. The van der Waals surface area contributed by atoms with Gasteiger partial charge in [0.05, 0.1) is 0 Å². The molecule has 0 fully saturated rings. The number of carbonyl (C=O) groups excluding carboxylic acids is 1. The molecule has 5 N–H and O–H groups in total. The fraction of sp³-hybridized carbons (Fsp3) is 0.429. The Bertz CT molecular complexity index is 313. The highest BCUT2D eigenvalue weighted by Gasteiger charge is 2.34. The molecule has 0 rings (SSSR count). The van der Waals surface area contributed by atoms with E-state index in [2.05, 4.69) is 0 Å². The zero-order valence-corrected chi connectivity index (χ0v) is 7.99. The van der Waals surface area contributed by atoms with Crippen LogP contribution in [0.2, 0.25) is 0 Å². The molecule has 0 aromatic carbocycles. The van der Waals surface area contributed by atoms with Gasteiger partial charge in [0.15, 0.2) is 0 Å². The minimum Gasteiger partial charge on any atom is -0.480 e. The van der Waals surface area contributed by atoms with Crippen molar-refractivity contribution >= 4 is 24.1 Å². The van der Waals surface area contributed by atoms with Gasteiger partial charge >= 0.3 is 18.2 Å². The average Bonchev–Trinajstić information content (AvgIpc) is 2.09. The van der Waals surface area contributed by atoms with Crippen molar-refractivity contribution in [2.24, 2.45) is 5.73 Å². The number of amides is 3. The second-order valence-corrected chi connectivity index (χ2v) is 2.79. The number of imide groups is 1. The summed E-state index contributed by atoms with van der Waals surface area (Å²) < 4.78 is 0. The van der Waals surface area contributed by atoms with Crippen LogP contribution in [0.15, 0.2) is 0 Å². The normalized spacial score (nSPS) is 11.5. The van der Waals surface area contributed by atoms with Crippen molar-refractivity contribution in [1.29, 1.82) is 0 Å². The molecule has 0 bridgehead atoms. The van der Waals surface area contributed by atoms with E-state index in [9.17, 15) is 19.2 Å². The lowest BCUT2D eigenvalue weighted by Crippen LogP contribution is -2.47. The molecule has 0 aliphatic carbocycles. The Morgan fingerprint density at radius 2 is 1.50 bits per heavy atom. The van der Waals surface area contributed by atoms with Crippen LogP contribution in [0.4, 0.5) is 9.59 Å². The highest BCUT2D eigenvalue weighted by atomic mass is 16.4. The molecule has 0 saturated carbocycles. The smallest absolute Gasteiger partial charge is 0.417 e. The van der Waals surface area contributed by atoms with E-state index in [0.29, 0.717) is 0 Å². The summed E-state index contributed by atoms with van der Waals surface area (Å²) in [6.07, 6.45) is -4.77. The van der Waals surface area contributed by atoms with Crippen LogP contribution < -0.4 is 5.73 Å². The third kappa shape index (κ3) is 3.82. The van der Waals surface area contributed by atoms with Gasteiger partial charge < -0.3 is 21.1 Å². The Balaban J connectivity index is 4.86. The van der Waals surface area contributed by atoms with Crippen LogP contribution in [-0.4, -0.2) is 50.3 Å². The fourth-order valence-electron chi connectivity index (χ4n) is 0.990.